The summed E-state index contributed by atoms with van der Waals surface area (Å²) in [7, 11) is 0. The molecule has 2 N–H and O–H groups in total. The topological polar surface area (TPSA) is 24.1 Å². The Bertz CT molecular complexity index is 739. The van der Waals surface area contributed by atoms with Gasteiger partial charge in [0.2, 0.25) is 0 Å². The fraction of sp³-hybridized carbons (Fsp3) is 0.286. The molecule has 1 heterocycles. The highest BCUT2D eigenvalue weighted by Crippen LogP contribution is 2.39. The van der Waals surface area contributed by atoms with E-state index < -0.39 is 0 Å². The van der Waals surface area contributed by atoms with Gasteiger partial charge in [0.1, 0.15) is 0 Å². The summed E-state index contributed by atoms with van der Waals surface area (Å²) in [5.41, 5.74) is 4.08. The van der Waals surface area contributed by atoms with Crippen molar-refractivity contribution in [3.63, 3.8) is 0 Å². The molecule has 0 radical (unpaired) electrons. The van der Waals surface area contributed by atoms with Gasteiger partial charge < -0.3 is 10.6 Å². The van der Waals surface area contributed by atoms with Crippen molar-refractivity contribution >= 4 is 23.4 Å². The van der Waals surface area contributed by atoms with E-state index in [-0.39, 0.29) is 0 Å². The normalized spacial score (nSPS) is 27.9. The van der Waals surface area contributed by atoms with Gasteiger partial charge in [-0.3, -0.25) is 0 Å². The highest BCUT2D eigenvalue weighted by Gasteiger charge is 2.39. The van der Waals surface area contributed by atoms with E-state index in [2.05, 4.69) is 77.4 Å². The first-order valence-electron chi connectivity index (χ1n) is 8.69. The van der Waals surface area contributed by atoms with Crippen molar-refractivity contribution in [3.8, 4) is 0 Å². The Morgan fingerprint density at radius 2 is 1.54 bits per heavy atom. The molecule has 24 heavy (non-hydrogen) atoms. The molecular weight excluding hydrogens is 312 g/mol. The van der Waals surface area contributed by atoms with Crippen molar-refractivity contribution in [2.45, 2.75) is 31.3 Å². The van der Waals surface area contributed by atoms with Crippen LogP contribution in [0.2, 0.25) is 0 Å². The third-order valence-electron chi connectivity index (χ3n) is 5.14. The van der Waals surface area contributed by atoms with Gasteiger partial charge in [0.05, 0.1) is 12.1 Å². The summed E-state index contributed by atoms with van der Waals surface area (Å²) in [6, 6.07) is 21.9. The molecule has 0 unspecified atom stereocenters. The summed E-state index contributed by atoms with van der Waals surface area (Å²) in [6.45, 7) is 0. The van der Waals surface area contributed by atoms with Gasteiger partial charge >= 0.3 is 0 Å². The van der Waals surface area contributed by atoms with Crippen LogP contribution >= 0.6 is 12.2 Å². The summed E-state index contributed by atoms with van der Waals surface area (Å²) in [5.74, 6) is 0.530. The fourth-order valence-electron chi connectivity index (χ4n) is 4.05. The van der Waals surface area contributed by atoms with Crippen molar-refractivity contribution in [1.29, 1.82) is 0 Å². The highest BCUT2D eigenvalue weighted by atomic mass is 32.1. The second-order valence-electron chi connectivity index (χ2n) is 6.67. The third kappa shape index (κ3) is 3.09. The molecule has 2 fully saturated rings. The Labute approximate surface area is 149 Å². The number of hydrogen-bond donors (Lipinski definition) is 2. The molecule has 0 aromatic heterocycles. The SMILES string of the molecule is S=C1N[C@H](c2ccccc2)[C@@H]2CCC/C(=C\c3ccccc3)[C@@H]2N1. The number of hydrogen-bond acceptors (Lipinski definition) is 1. The van der Waals surface area contributed by atoms with Crippen LogP contribution in [0, 0.1) is 5.92 Å². The molecule has 1 saturated heterocycles. The Hall–Kier alpha value is -2.13. The number of fused-ring (bicyclic) bond motifs is 1. The van der Waals surface area contributed by atoms with Crippen molar-refractivity contribution in [1.82, 2.24) is 10.6 Å². The van der Waals surface area contributed by atoms with Crippen LogP contribution in [0.25, 0.3) is 6.08 Å². The minimum Gasteiger partial charge on any atom is -0.356 e. The predicted octanol–water partition coefficient (Wildman–Crippen LogP) is 4.46. The first-order valence-corrected chi connectivity index (χ1v) is 9.09. The van der Waals surface area contributed by atoms with E-state index in [0.29, 0.717) is 18.0 Å². The average Bonchev–Trinajstić information content (AvgIpc) is 2.63. The van der Waals surface area contributed by atoms with Crippen molar-refractivity contribution in [2.75, 3.05) is 0 Å². The number of thiocarbonyl (C=S) groups is 1. The molecule has 2 aliphatic rings. The molecule has 122 valence electrons. The Morgan fingerprint density at radius 3 is 2.29 bits per heavy atom. The van der Waals surface area contributed by atoms with Gasteiger partial charge in [-0.1, -0.05) is 66.7 Å². The predicted molar refractivity (Wildman–Crippen MR) is 104 cm³/mol. The summed E-state index contributed by atoms with van der Waals surface area (Å²) < 4.78 is 0. The minimum absolute atomic E-state index is 0.296. The fourth-order valence-corrected chi connectivity index (χ4v) is 4.30. The van der Waals surface area contributed by atoms with Crippen molar-refractivity contribution in [3.05, 3.63) is 77.4 Å². The van der Waals surface area contributed by atoms with Crippen molar-refractivity contribution in [2.24, 2.45) is 5.92 Å². The highest BCUT2D eigenvalue weighted by molar-refractivity contribution is 7.80. The zero-order valence-electron chi connectivity index (χ0n) is 13.6. The average molecular weight is 334 g/mol. The van der Waals surface area contributed by atoms with Crippen LogP contribution < -0.4 is 10.6 Å². The van der Waals surface area contributed by atoms with E-state index >= 15 is 0 Å². The van der Waals surface area contributed by atoms with Gasteiger partial charge in [0, 0.05) is 5.92 Å². The molecule has 4 rings (SSSR count). The summed E-state index contributed by atoms with van der Waals surface area (Å²) >= 11 is 5.52. The lowest BCUT2D eigenvalue weighted by Gasteiger charge is -2.45. The van der Waals surface area contributed by atoms with Crippen molar-refractivity contribution < 1.29 is 0 Å². The van der Waals surface area contributed by atoms with E-state index in [4.69, 9.17) is 12.2 Å². The van der Waals surface area contributed by atoms with E-state index in [1.54, 1.807) is 0 Å². The molecule has 3 atom stereocenters. The van der Waals surface area contributed by atoms with Crippen LogP contribution in [0.1, 0.15) is 36.4 Å². The maximum Gasteiger partial charge on any atom is 0.167 e. The maximum absolute atomic E-state index is 5.52. The smallest absolute Gasteiger partial charge is 0.167 e. The molecule has 1 aliphatic carbocycles. The van der Waals surface area contributed by atoms with Gasteiger partial charge in [-0.25, -0.2) is 0 Å². The zero-order chi connectivity index (χ0) is 16.4. The standard InChI is InChI=1S/C21H22N2S/c24-21-22-19(16-10-5-2-6-11-16)18-13-7-12-17(20(18)23-21)14-15-8-3-1-4-9-15/h1-6,8-11,14,18-20H,7,12-13H2,(H2,22,23,24)/b17-14+/t18-,19+,20-/m0/s1. The lowest BCUT2D eigenvalue weighted by molar-refractivity contribution is 0.260. The Kier molecular flexibility index (Phi) is 4.35. The molecule has 1 aliphatic heterocycles. The molecule has 0 spiro atoms. The monoisotopic (exact) mass is 334 g/mol. The quantitative estimate of drug-likeness (QED) is 0.793. The largest absolute Gasteiger partial charge is 0.356 e. The molecule has 2 aromatic rings. The van der Waals surface area contributed by atoms with E-state index in [1.165, 1.54) is 29.5 Å². The lowest BCUT2D eigenvalue weighted by atomic mass is 9.73. The molecule has 1 saturated carbocycles. The van der Waals surface area contributed by atoms with Crippen LogP contribution in [0.15, 0.2) is 66.2 Å². The van der Waals surface area contributed by atoms with Crippen LogP contribution in [-0.4, -0.2) is 11.2 Å². The Balaban J connectivity index is 1.67. The molecule has 2 nitrogen and oxygen atoms in total. The minimum atomic E-state index is 0.296. The molecule has 3 heteroatoms. The van der Waals surface area contributed by atoms with Crippen LogP contribution in [0.3, 0.4) is 0 Å². The lowest BCUT2D eigenvalue weighted by Crippen LogP contribution is -2.57. The van der Waals surface area contributed by atoms with Crippen LogP contribution in [0.5, 0.6) is 0 Å². The summed E-state index contributed by atoms with van der Waals surface area (Å²) in [5, 5.41) is 7.82. The van der Waals surface area contributed by atoms with Crippen LogP contribution in [-0.2, 0) is 0 Å². The molecular formula is C21H22N2S. The number of nitrogens with one attached hydrogen (secondary N) is 2. The zero-order valence-corrected chi connectivity index (χ0v) is 14.4. The number of benzene rings is 2. The van der Waals surface area contributed by atoms with Gasteiger partial charge in [-0.05, 0) is 48.2 Å². The van der Waals surface area contributed by atoms with Crippen LogP contribution in [0.4, 0.5) is 0 Å². The first-order chi connectivity index (χ1) is 11.8. The van der Waals surface area contributed by atoms with E-state index in [0.717, 1.165) is 11.5 Å². The third-order valence-corrected chi connectivity index (χ3v) is 5.38. The maximum atomic E-state index is 5.52. The number of rotatable bonds is 2. The first kappa shape index (κ1) is 15.4. The van der Waals surface area contributed by atoms with Gasteiger partial charge in [-0.15, -0.1) is 0 Å². The van der Waals surface area contributed by atoms with Gasteiger partial charge in [0.25, 0.3) is 0 Å². The Morgan fingerprint density at radius 1 is 0.875 bits per heavy atom. The summed E-state index contributed by atoms with van der Waals surface area (Å²) in [4.78, 5) is 0. The van der Waals surface area contributed by atoms with E-state index in [1.807, 2.05) is 0 Å². The second-order valence-corrected chi connectivity index (χ2v) is 7.08. The van der Waals surface area contributed by atoms with Gasteiger partial charge in [0.15, 0.2) is 5.11 Å². The second kappa shape index (κ2) is 6.78. The summed E-state index contributed by atoms with van der Waals surface area (Å²) in [6.07, 6.45) is 5.95. The van der Waals surface area contributed by atoms with E-state index in [9.17, 15) is 0 Å². The van der Waals surface area contributed by atoms with Gasteiger partial charge in [-0.2, -0.15) is 0 Å². The molecule has 0 bridgehead atoms. The molecule has 0 amide bonds. The molecule has 2 aromatic carbocycles.